The maximum atomic E-state index is 13.9. The van der Waals surface area contributed by atoms with Crippen molar-refractivity contribution >= 4 is 51.8 Å². The number of thioether (sulfide) groups is 2. The first-order valence-corrected chi connectivity index (χ1v) is 23.4. The molecule has 1 amide bonds. The molecule has 6 rings (SSSR count). The molecule has 3 N–H and O–H groups in total. The molecule has 0 radical (unpaired) electrons. The molecule has 0 aromatic heterocycles. The summed E-state index contributed by atoms with van der Waals surface area (Å²) in [5.74, 6) is -0.277. The van der Waals surface area contributed by atoms with Crippen molar-refractivity contribution in [3.05, 3.63) is 138 Å². The highest BCUT2D eigenvalue weighted by Crippen LogP contribution is 2.42. The number of rotatable bonds is 18. The first-order chi connectivity index (χ1) is 30.1. The quantitative estimate of drug-likeness (QED) is 0.0592. The third kappa shape index (κ3) is 14.0. The minimum Gasteiger partial charge on any atom is -0.395 e. The summed E-state index contributed by atoms with van der Waals surface area (Å²) >= 11 is 1.28. The van der Waals surface area contributed by atoms with Gasteiger partial charge >= 0.3 is 11.7 Å². The molecule has 5 aromatic carbocycles. The van der Waals surface area contributed by atoms with Gasteiger partial charge in [-0.05, 0) is 140 Å². The average molecular weight is 929 g/mol. The van der Waals surface area contributed by atoms with Crippen molar-refractivity contribution in [2.45, 2.75) is 70.3 Å². The summed E-state index contributed by atoms with van der Waals surface area (Å²) in [5, 5.41) is 12.6. The van der Waals surface area contributed by atoms with Crippen LogP contribution in [0.1, 0.15) is 47.7 Å². The molecule has 1 saturated heterocycles. The Morgan fingerprint density at radius 3 is 2.19 bits per heavy atom. The molecule has 1 aliphatic heterocycles. The van der Waals surface area contributed by atoms with E-state index in [0.717, 1.165) is 71.8 Å². The minimum absolute atomic E-state index is 0.00747. The molecule has 0 saturated carbocycles. The number of nitrogens with one attached hydrogen (secondary N) is 2. The number of carbonyl (C=O) groups excluding carboxylic acids is 1. The van der Waals surface area contributed by atoms with Crippen molar-refractivity contribution in [2.24, 2.45) is 5.92 Å². The van der Waals surface area contributed by atoms with Gasteiger partial charge in [0, 0.05) is 57.7 Å². The number of hydrogen-bond donors (Lipinski definition) is 3. The second kappa shape index (κ2) is 21.9. The number of likely N-dealkylation sites (N-methyl/N-ethyl adjacent to an activating group) is 1. The molecule has 63 heavy (non-hydrogen) atoms. The Hall–Kier alpha value is -4.48. The molecule has 1 fully saturated rings. The van der Waals surface area contributed by atoms with Gasteiger partial charge in [0.15, 0.2) is 11.0 Å². The van der Waals surface area contributed by atoms with Crippen molar-refractivity contribution < 1.29 is 40.5 Å². The fraction of sp³-hybridized carbons (Fsp3) is 0.340. The predicted octanol–water partition coefficient (Wildman–Crippen LogP) is 11.2. The maximum Gasteiger partial charge on any atom is 0.446 e. The number of amides is 1. The van der Waals surface area contributed by atoms with Crippen molar-refractivity contribution in [3.63, 3.8) is 0 Å². The Kier molecular flexibility index (Phi) is 16.7. The molecule has 7 nitrogen and oxygen atoms in total. The van der Waals surface area contributed by atoms with Crippen LogP contribution in [0.4, 0.5) is 37.7 Å². The van der Waals surface area contributed by atoms with Crippen molar-refractivity contribution in [3.8, 4) is 11.1 Å². The summed E-state index contributed by atoms with van der Waals surface area (Å²) in [4.78, 5) is 18.3. The standard InChI is InChI=1S/C47H50F6N4O3S3/c1-32(61-39-9-4-3-5-10-39)42(24-25-56(2)28-29-58)54-43-21-20-40(31-44(43)62-47(51,52)53)63(60)55-45(59)35-14-18-38(19-15-35)57-26-22-33(23-27-57)30-36-8-6-7-11-41(36)34-12-16-37(17-13-34)46(48,49)50/h3-21,31-33,42,54,58H,22-30H2,1-2H3,(H,55,59). The largest absolute Gasteiger partial charge is 0.446 e. The number of piperidine rings is 1. The first kappa shape index (κ1) is 48.0. The lowest BCUT2D eigenvalue weighted by atomic mass is 9.86. The van der Waals surface area contributed by atoms with Gasteiger partial charge in [0.2, 0.25) is 0 Å². The minimum atomic E-state index is -4.64. The number of benzene rings is 5. The third-order valence-corrected chi connectivity index (χ3v) is 14.1. The highest BCUT2D eigenvalue weighted by atomic mass is 32.2. The van der Waals surface area contributed by atoms with Gasteiger partial charge in [0.25, 0.3) is 5.91 Å². The van der Waals surface area contributed by atoms with Crippen LogP contribution in [0.5, 0.6) is 0 Å². The molecule has 336 valence electrons. The molecule has 0 bridgehead atoms. The highest BCUT2D eigenvalue weighted by molar-refractivity contribution is 8.00. The number of anilines is 2. The van der Waals surface area contributed by atoms with Crippen molar-refractivity contribution in [2.75, 3.05) is 50.1 Å². The second-order valence-electron chi connectivity index (χ2n) is 15.5. The first-order valence-electron chi connectivity index (χ1n) is 20.6. The summed E-state index contributed by atoms with van der Waals surface area (Å²) in [6.07, 6.45) is -1.26. The molecule has 0 spiro atoms. The molecule has 3 atom stereocenters. The van der Waals surface area contributed by atoms with E-state index in [1.807, 2.05) is 85.6 Å². The van der Waals surface area contributed by atoms with E-state index in [1.54, 1.807) is 23.9 Å². The number of alkyl halides is 6. The summed E-state index contributed by atoms with van der Waals surface area (Å²) in [7, 11) is -0.300. The van der Waals surface area contributed by atoms with E-state index in [0.29, 0.717) is 25.4 Å². The topological polar surface area (TPSA) is 84.9 Å². The number of halogens is 6. The molecule has 3 unspecified atom stereocenters. The molecule has 16 heteroatoms. The van der Waals surface area contributed by atoms with Crippen LogP contribution in [0.15, 0.2) is 136 Å². The molecule has 1 aliphatic rings. The zero-order chi connectivity index (χ0) is 45.1. The smallest absolute Gasteiger partial charge is 0.395 e. The van der Waals surface area contributed by atoms with E-state index >= 15 is 0 Å². The van der Waals surface area contributed by atoms with E-state index in [9.17, 15) is 40.5 Å². The maximum absolute atomic E-state index is 13.9. The van der Waals surface area contributed by atoms with E-state index < -0.39 is 34.1 Å². The number of aliphatic hydroxyl groups excluding tert-OH is 1. The Morgan fingerprint density at radius 1 is 0.873 bits per heavy atom. The van der Waals surface area contributed by atoms with Gasteiger partial charge in [0.05, 0.1) is 17.1 Å². The number of hydrogen-bond acceptors (Lipinski definition) is 8. The summed E-state index contributed by atoms with van der Waals surface area (Å²) in [5.41, 5.74) is -1.21. The lowest BCUT2D eigenvalue weighted by molar-refractivity contribution is -0.137. The zero-order valence-electron chi connectivity index (χ0n) is 34.8. The second-order valence-corrected chi connectivity index (χ2v) is 19.3. The Morgan fingerprint density at radius 2 is 1.54 bits per heavy atom. The van der Waals surface area contributed by atoms with Crippen LogP contribution >= 0.6 is 23.5 Å². The molecule has 0 aliphatic carbocycles. The fourth-order valence-corrected chi connectivity index (χ4v) is 10.2. The monoisotopic (exact) mass is 928 g/mol. The van der Waals surface area contributed by atoms with Crippen LogP contribution in [-0.2, 0) is 23.6 Å². The Labute approximate surface area is 375 Å². The normalized spacial score (nSPS) is 15.2. The molecular formula is C47H50F6N4O3S3. The van der Waals surface area contributed by atoms with Gasteiger partial charge in [-0.3, -0.25) is 9.52 Å². The van der Waals surface area contributed by atoms with Crippen molar-refractivity contribution in [1.82, 2.24) is 9.62 Å². The molecule has 1 heterocycles. The summed E-state index contributed by atoms with van der Waals surface area (Å²) < 4.78 is 97.1. The predicted molar refractivity (Wildman–Crippen MR) is 243 cm³/mol. The van der Waals surface area contributed by atoms with Crippen LogP contribution in [0.25, 0.3) is 11.1 Å². The van der Waals surface area contributed by atoms with Crippen molar-refractivity contribution in [1.29, 1.82) is 0 Å². The summed E-state index contributed by atoms with van der Waals surface area (Å²) in [6.45, 7) is 4.55. The van der Waals surface area contributed by atoms with Gasteiger partial charge in [0.1, 0.15) is 0 Å². The van der Waals surface area contributed by atoms with Gasteiger partial charge in [-0.15, -0.1) is 11.8 Å². The zero-order valence-corrected chi connectivity index (χ0v) is 37.2. The summed E-state index contributed by atoms with van der Waals surface area (Å²) in [6, 6.07) is 33.4. The lowest BCUT2D eigenvalue weighted by Crippen LogP contribution is -2.35. The van der Waals surface area contributed by atoms with E-state index in [1.165, 1.54) is 30.3 Å². The SMILES string of the molecule is CC(Sc1ccccc1)C(CCN(C)CCO)Nc1ccc(S(=O)NC(=O)c2ccc(N3CCC(Cc4ccccc4-c4ccc(C(F)(F)F)cc4)CC3)cc2)cc1SC(F)(F)F. The van der Waals surface area contributed by atoms with Gasteiger partial charge < -0.3 is 20.2 Å². The fourth-order valence-electron chi connectivity index (χ4n) is 7.56. The van der Waals surface area contributed by atoms with Crippen LogP contribution in [0, 0.1) is 5.92 Å². The molecular weight excluding hydrogens is 879 g/mol. The van der Waals surface area contributed by atoms with E-state index in [2.05, 4.69) is 14.9 Å². The third-order valence-electron chi connectivity index (χ3n) is 11.0. The number of carbonyl (C=O) groups is 1. The Balaban J connectivity index is 1.07. The van der Waals surface area contributed by atoms with Crippen LogP contribution in [-0.4, -0.2) is 76.8 Å². The van der Waals surface area contributed by atoms with Crippen LogP contribution in [0.3, 0.4) is 0 Å². The highest BCUT2D eigenvalue weighted by Gasteiger charge is 2.33. The number of aliphatic hydroxyl groups is 1. The van der Waals surface area contributed by atoms with Gasteiger partial charge in [-0.2, -0.15) is 26.3 Å². The lowest BCUT2D eigenvalue weighted by Gasteiger charge is -2.34. The van der Waals surface area contributed by atoms with Crippen LogP contribution in [0.2, 0.25) is 0 Å². The van der Waals surface area contributed by atoms with E-state index in [-0.39, 0.29) is 50.7 Å². The number of nitrogens with zero attached hydrogens (tertiary/aromatic N) is 2. The average Bonchev–Trinajstić information content (AvgIpc) is 3.25. The molecule has 5 aromatic rings. The Bertz CT molecular complexity index is 2270. The van der Waals surface area contributed by atoms with E-state index in [4.69, 9.17) is 0 Å². The van der Waals surface area contributed by atoms with Gasteiger partial charge in [-0.1, -0.05) is 61.5 Å². The van der Waals surface area contributed by atoms with Gasteiger partial charge in [-0.25, -0.2) is 4.21 Å². The van der Waals surface area contributed by atoms with Crippen LogP contribution < -0.4 is 14.9 Å².